The maximum Gasteiger partial charge on any atom is 0.112 e. The summed E-state index contributed by atoms with van der Waals surface area (Å²) in [5.74, 6) is 1.63. The zero-order valence-corrected chi connectivity index (χ0v) is 11.4. The smallest absolute Gasteiger partial charge is 0.112 e. The van der Waals surface area contributed by atoms with Crippen molar-refractivity contribution in [3.05, 3.63) is 29.6 Å². The highest BCUT2D eigenvalue weighted by Gasteiger charge is 2.20. The standard InChI is InChI=1S/C15H21N3/c1-10(2)15-17-13-8-11(9-16-12-5-6-12)4-7-14(13)18(15)3/h4,7-8,10,12,16H,5-6,9H2,1-3H3. The summed E-state index contributed by atoms with van der Waals surface area (Å²) in [6.45, 7) is 5.35. The van der Waals surface area contributed by atoms with E-state index in [2.05, 4.69) is 49.0 Å². The molecule has 0 unspecified atom stereocenters. The van der Waals surface area contributed by atoms with Crippen LogP contribution >= 0.6 is 0 Å². The van der Waals surface area contributed by atoms with Gasteiger partial charge in [-0.1, -0.05) is 19.9 Å². The summed E-state index contributed by atoms with van der Waals surface area (Å²) in [5, 5.41) is 3.55. The summed E-state index contributed by atoms with van der Waals surface area (Å²) in [6.07, 6.45) is 2.67. The van der Waals surface area contributed by atoms with Crippen molar-refractivity contribution in [2.24, 2.45) is 7.05 Å². The third kappa shape index (κ3) is 2.15. The summed E-state index contributed by atoms with van der Waals surface area (Å²) < 4.78 is 2.21. The summed E-state index contributed by atoms with van der Waals surface area (Å²) in [7, 11) is 2.10. The van der Waals surface area contributed by atoms with E-state index < -0.39 is 0 Å². The van der Waals surface area contributed by atoms with E-state index in [-0.39, 0.29) is 0 Å². The molecule has 0 atom stereocenters. The molecule has 1 fully saturated rings. The van der Waals surface area contributed by atoms with Crippen LogP contribution in [-0.2, 0) is 13.6 Å². The number of rotatable bonds is 4. The van der Waals surface area contributed by atoms with Crippen LogP contribution in [0.2, 0.25) is 0 Å². The maximum absolute atomic E-state index is 4.75. The first kappa shape index (κ1) is 11.7. The van der Waals surface area contributed by atoms with Gasteiger partial charge in [0.05, 0.1) is 11.0 Å². The molecule has 0 saturated heterocycles. The van der Waals surface area contributed by atoms with Gasteiger partial charge < -0.3 is 9.88 Å². The molecule has 18 heavy (non-hydrogen) atoms. The van der Waals surface area contributed by atoms with Gasteiger partial charge >= 0.3 is 0 Å². The molecule has 1 saturated carbocycles. The second-order valence-electron chi connectivity index (χ2n) is 5.66. The molecule has 0 spiro atoms. The Balaban J connectivity index is 1.90. The number of imidazole rings is 1. The van der Waals surface area contributed by atoms with Crippen LogP contribution in [0, 0.1) is 0 Å². The fraction of sp³-hybridized carbons (Fsp3) is 0.533. The van der Waals surface area contributed by atoms with Crippen molar-refractivity contribution < 1.29 is 0 Å². The van der Waals surface area contributed by atoms with Gasteiger partial charge in [0.2, 0.25) is 0 Å². The van der Waals surface area contributed by atoms with Gasteiger partial charge in [-0.25, -0.2) is 4.98 Å². The first-order chi connectivity index (χ1) is 8.65. The molecule has 0 amide bonds. The molecule has 1 aliphatic rings. The van der Waals surface area contributed by atoms with E-state index in [9.17, 15) is 0 Å². The molecule has 1 aromatic heterocycles. The van der Waals surface area contributed by atoms with Crippen molar-refractivity contribution in [2.45, 2.75) is 45.2 Å². The van der Waals surface area contributed by atoms with Crippen LogP contribution in [0.4, 0.5) is 0 Å². The van der Waals surface area contributed by atoms with Crippen LogP contribution in [0.3, 0.4) is 0 Å². The van der Waals surface area contributed by atoms with E-state index in [1.165, 1.54) is 23.9 Å². The molecule has 0 bridgehead atoms. The SMILES string of the molecule is CC(C)c1nc2cc(CNC3CC3)ccc2n1C. The Hall–Kier alpha value is -1.35. The zero-order valence-electron chi connectivity index (χ0n) is 11.4. The molecule has 96 valence electrons. The van der Waals surface area contributed by atoms with Crippen LogP contribution in [0.1, 0.15) is 44.0 Å². The van der Waals surface area contributed by atoms with E-state index in [0.717, 1.165) is 23.9 Å². The van der Waals surface area contributed by atoms with E-state index >= 15 is 0 Å². The Labute approximate surface area is 108 Å². The van der Waals surface area contributed by atoms with Gasteiger partial charge in [0.25, 0.3) is 0 Å². The normalized spacial score (nSPS) is 15.8. The van der Waals surface area contributed by atoms with Gasteiger partial charge in [0.15, 0.2) is 0 Å². The lowest BCUT2D eigenvalue weighted by molar-refractivity contribution is 0.688. The number of hydrogen-bond donors (Lipinski definition) is 1. The largest absolute Gasteiger partial charge is 0.331 e. The average Bonchev–Trinajstić information content (AvgIpc) is 3.11. The van der Waals surface area contributed by atoms with Crippen LogP contribution in [-0.4, -0.2) is 15.6 Å². The molecule has 3 heteroatoms. The van der Waals surface area contributed by atoms with Crippen molar-refractivity contribution in [3.63, 3.8) is 0 Å². The van der Waals surface area contributed by atoms with Crippen molar-refractivity contribution in [2.75, 3.05) is 0 Å². The van der Waals surface area contributed by atoms with Crippen LogP contribution in [0.15, 0.2) is 18.2 Å². The molecule has 2 aromatic rings. The number of benzene rings is 1. The minimum Gasteiger partial charge on any atom is -0.331 e. The minimum absolute atomic E-state index is 0.468. The van der Waals surface area contributed by atoms with Gasteiger partial charge in [-0.05, 0) is 30.5 Å². The van der Waals surface area contributed by atoms with E-state index in [1.54, 1.807) is 0 Å². The molecular weight excluding hydrogens is 222 g/mol. The molecule has 3 nitrogen and oxygen atoms in total. The second kappa shape index (κ2) is 4.39. The molecule has 0 aliphatic heterocycles. The summed E-state index contributed by atoms with van der Waals surface area (Å²) in [5.41, 5.74) is 3.69. The van der Waals surface area contributed by atoms with Crippen LogP contribution < -0.4 is 5.32 Å². The first-order valence-corrected chi connectivity index (χ1v) is 6.84. The summed E-state index contributed by atoms with van der Waals surface area (Å²) in [4.78, 5) is 4.75. The predicted octanol–water partition coefficient (Wildman–Crippen LogP) is 2.95. The lowest BCUT2D eigenvalue weighted by atomic mass is 10.2. The fourth-order valence-corrected chi connectivity index (χ4v) is 2.44. The Morgan fingerprint density at radius 2 is 2.17 bits per heavy atom. The lowest BCUT2D eigenvalue weighted by Gasteiger charge is -2.05. The van der Waals surface area contributed by atoms with Crippen molar-refractivity contribution >= 4 is 11.0 Å². The molecule has 1 heterocycles. The highest BCUT2D eigenvalue weighted by Crippen LogP contribution is 2.23. The highest BCUT2D eigenvalue weighted by atomic mass is 15.1. The minimum atomic E-state index is 0.468. The Morgan fingerprint density at radius 3 is 2.83 bits per heavy atom. The van der Waals surface area contributed by atoms with Gasteiger partial charge in [0.1, 0.15) is 5.82 Å². The number of fused-ring (bicyclic) bond motifs is 1. The Kier molecular flexibility index (Phi) is 2.86. The van der Waals surface area contributed by atoms with Gasteiger partial charge in [-0.2, -0.15) is 0 Å². The number of nitrogens with zero attached hydrogens (tertiary/aromatic N) is 2. The average molecular weight is 243 g/mol. The maximum atomic E-state index is 4.75. The quantitative estimate of drug-likeness (QED) is 0.894. The number of nitrogens with one attached hydrogen (secondary N) is 1. The summed E-state index contributed by atoms with van der Waals surface area (Å²) in [6, 6.07) is 7.38. The number of aryl methyl sites for hydroxylation is 1. The predicted molar refractivity (Wildman–Crippen MR) is 74.7 cm³/mol. The molecule has 1 aliphatic carbocycles. The Morgan fingerprint density at radius 1 is 1.39 bits per heavy atom. The highest BCUT2D eigenvalue weighted by molar-refractivity contribution is 5.77. The van der Waals surface area contributed by atoms with Gasteiger partial charge in [0, 0.05) is 25.6 Å². The van der Waals surface area contributed by atoms with E-state index in [0.29, 0.717) is 5.92 Å². The zero-order chi connectivity index (χ0) is 12.7. The van der Waals surface area contributed by atoms with Crippen molar-refractivity contribution in [3.8, 4) is 0 Å². The fourth-order valence-electron chi connectivity index (χ4n) is 2.44. The third-order valence-electron chi connectivity index (χ3n) is 3.67. The molecular formula is C15H21N3. The summed E-state index contributed by atoms with van der Waals surface area (Å²) >= 11 is 0. The Bertz CT molecular complexity index is 564. The third-order valence-corrected chi connectivity index (χ3v) is 3.67. The van der Waals surface area contributed by atoms with E-state index in [4.69, 9.17) is 4.98 Å². The first-order valence-electron chi connectivity index (χ1n) is 6.84. The number of hydrogen-bond acceptors (Lipinski definition) is 2. The van der Waals surface area contributed by atoms with E-state index in [1.807, 2.05) is 0 Å². The molecule has 3 rings (SSSR count). The second-order valence-corrected chi connectivity index (χ2v) is 5.66. The van der Waals surface area contributed by atoms with Gasteiger partial charge in [-0.15, -0.1) is 0 Å². The molecule has 0 radical (unpaired) electrons. The van der Waals surface area contributed by atoms with Crippen LogP contribution in [0.5, 0.6) is 0 Å². The number of aromatic nitrogens is 2. The molecule has 1 N–H and O–H groups in total. The van der Waals surface area contributed by atoms with Crippen molar-refractivity contribution in [1.82, 2.24) is 14.9 Å². The monoisotopic (exact) mass is 243 g/mol. The molecule has 1 aromatic carbocycles. The van der Waals surface area contributed by atoms with Gasteiger partial charge in [-0.3, -0.25) is 0 Å². The topological polar surface area (TPSA) is 29.9 Å². The van der Waals surface area contributed by atoms with Crippen LogP contribution in [0.25, 0.3) is 11.0 Å². The van der Waals surface area contributed by atoms with Crippen molar-refractivity contribution in [1.29, 1.82) is 0 Å². The lowest BCUT2D eigenvalue weighted by Crippen LogP contribution is -2.15.